The Balaban J connectivity index is 1.55. The van der Waals surface area contributed by atoms with Crippen molar-refractivity contribution in [1.29, 1.82) is 0 Å². The van der Waals surface area contributed by atoms with Crippen molar-refractivity contribution in [3.8, 4) is 0 Å². The fourth-order valence-corrected chi connectivity index (χ4v) is 8.93. The summed E-state index contributed by atoms with van der Waals surface area (Å²) in [5.41, 5.74) is -1.57. The van der Waals surface area contributed by atoms with Crippen LogP contribution in [0.3, 0.4) is 0 Å². The molecule has 5 nitrogen and oxygen atoms in total. The van der Waals surface area contributed by atoms with Gasteiger partial charge in [0.05, 0.1) is 11.5 Å². The first-order valence-corrected chi connectivity index (χ1v) is 12.2. The molecule has 0 aromatic rings. The van der Waals surface area contributed by atoms with E-state index < -0.39 is 16.6 Å². The summed E-state index contributed by atoms with van der Waals surface area (Å²) in [6.07, 6.45) is 7.86. The lowest BCUT2D eigenvalue weighted by atomic mass is 9.39. The van der Waals surface area contributed by atoms with Gasteiger partial charge in [-0.15, -0.1) is 0 Å². The molecule has 0 aliphatic heterocycles. The van der Waals surface area contributed by atoms with Crippen LogP contribution in [-0.4, -0.2) is 34.4 Å². The smallest absolute Gasteiger partial charge is 0.333 e. The molecule has 6 bridgehead atoms. The Morgan fingerprint density at radius 3 is 2.35 bits per heavy atom. The Morgan fingerprint density at radius 1 is 1.03 bits per heavy atom. The first-order chi connectivity index (χ1) is 14.4. The van der Waals surface area contributed by atoms with E-state index in [1.165, 1.54) is 6.42 Å². The third-order valence-corrected chi connectivity index (χ3v) is 9.13. The molecule has 5 heteroatoms. The molecule has 0 heterocycles. The molecule has 172 valence electrons. The minimum absolute atomic E-state index is 0.137. The quantitative estimate of drug-likeness (QED) is 0.523. The van der Waals surface area contributed by atoms with Gasteiger partial charge in [-0.3, -0.25) is 4.79 Å². The largest absolute Gasteiger partial charge is 0.460 e. The van der Waals surface area contributed by atoms with Gasteiger partial charge < -0.3 is 14.6 Å². The number of rotatable bonds is 4. The molecule has 6 aliphatic carbocycles. The van der Waals surface area contributed by atoms with Crippen molar-refractivity contribution < 1.29 is 24.2 Å². The third-order valence-electron chi connectivity index (χ3n) is 9.13. The number of hydrogen-bond donors (Lipinski definition) is 1. The summed E-state index contributed by atoms with van der Waals surface area (Å²) in [4.78, 5) is 26.3. The molecule has 8 unspecified atom stereocenters. The van der Waals surface area contributed by atoms with E-state index in [9.17, 15) is 14.7 Å². The molecule has 6 aliphatic rings. The zero-order chi connectivity index (χ0) is 22.4. The van der Waals surface area contributed by atoms with Gasteiger partial charge in [0.25, 0.3) is 0 Å². The Bertz CT molecular complexity index is 824. The van der Waals surface area contributed by atoms with Gasteiger partial charge in [0.2, 0.25) is 0 Å². The van der Waals surface area contributed by atoms with Crippen molar-refractivity contribution in [3.05, 3.63) is 12.2 Å². The normalized spacial score (nSPS) is 47.5. The van der Waals surface area contributed by atoms with E-state index in [-0.39, 0.29) is 29.4 Å². The second kappa shape index (κ2) is 6.59. The predicted octanol–water partition coefficient (Wildman–Crippen LogP) is 4.56. The van der Waals surface area contributed by atoms with Crippen molar-refractivity contribution in [2.75, 3.05) is 0 Å². The number of aliphatic hydroxyl groups excluding tert-OH is 1. The maximum absolute atomic E-state index is 13.6. The van der Waals surface area contributed by atoms with E-state index in [1.54, 1.807) is 6.92 Å². The van der Waals surface area contributed by atoms with E-state index >= 15 is 0 Å². The molecule has 0 spiro atoms. The second-order valence-corrected chi connectivity index (χ2v) is 12.9. The number of carbonyl (C=O) groups is 2. The number of fused-ring (bicyclic) bond motifs is 2. The first kappa shape index (κ1) is 21.5. The Labute approximate surface area is 185 Å². The SMILES string of the molecule is C=C(C)C(=O)OC12CC3CC(C(=O)OC(C)(C)C)(C1)CC(C1C4CCC(C4)C1O)(C3)C2. The van der Waals surface area contributed by atoms with Crippen LogP contribution in [0.4, 0.5) is 0 Å². The molecule has 0 amide bonds. The van der Waals surface area contributed by atoms with Crippen molar-refractivity contribution in [3.63, 3.8) is 0 Å². The van der Waals surface area contributed by atoms with Gasteiger partial charge in [-0.1, -0.05) is 6.58 Å². The van der Waals surface area contributed by atoms with Crippen LogP contribution >= 0.6 is 0 Å². The van der Waals surface area contributed by atoms with Crippen LogP contribution in [0.1, 0.15) is 85.5 Å². The molecular weight excluding hydrogens is 392 g/mol. The molecule has 6 saturated carbocycles. The lowest BCUT2D eigenvalue weighted by Gasteiger charge is -2.67. The molecular formula is C26H38O5. The summed E-state index contributed by atoms with van der Waals surface area (Å²) >= 11 is 0. The van der Waals surface area contributed by atoms with Crippen LogP contribution in [0.5, 0.6) is 0 Å². The van der Waals surface area contributed by atoms with E-state index in [0.717, 1.165) is 44.9 Å². The zero-order valence-electron chi connectivity index (χ0n) is 19.5. The molecule has 0 radical (unpaired) electrons. The number of hydrogen-bond acceptors (Lipinski definition) is 5. The molecule has 0 aromatic heterocycles. The van der Waals surface area contributed by atoms with Crippen LogP contribution in [0.25, 0.3) is 0 Å². The van der Waals surface area contributed by atoms with Crippen LogP contribution in [0, 0.1) is 34.5 Å². The van der Waals surface area contributed by atoms with Gasteiger partial charge >= 0.3 is 11.9 Å². The van der Waals surface area contributed by atoms with Crippen LogP contribution < -0.4 is 0 Å². The summed E-state index contributed by atoms with van der Waals surface area (Å²) in [6, 6.07) is 0. The summed E-state index contributed by atoms with van der Waals surface area (Å²) in [7, 11) is 0. The molecule has 1 N–H and O–H groups in total. The van der Waals surface area contributed by atoms with E-state index in [4.69, 9.17) is 9.47 Å². The minimum Gasteiger partial charge on any atom is -0.460 e. The highest BCUT2D eigenvalue weighted by Gasteiger charge is 2.72. The minimum atomic E-state index is -0.645. The molecule has 6 fully saturated rings. The summed E-state index contributed by atoms with van der Waals surface area (Å²) < 4.78 is 12.1. The van der Waals surface area contributed by atoms with Crippen molar-refractivity contribution in [2.24, 2.45) is 34.5 Å². The lowest BCUT2D eigenvalue weighted by molar-refractivity contribution is -0.249. The molecule has 8 atom stereocenters. The maximum atomic E-state index is 13.6. The van der Waals surface area contributed by atoms with Gasteiger partial charge in [0.15, 0.2) is 0 Å². The number of ether oxygens (including phenoxy) is 2. The number of carbonyl (C=O) groups excluding carboxylic acids is 2. The zero-order valence-corrected chi connectivity index (χ0v) is 19.5. The lowest BCUT2D eigenvalue weighted by Crippen LogP contribution is -2.66. The Morgan fingerprint density at radius 2 is 1.74 bits per heavy atom. The van der Waals surface area contributed by atoms with Crippen LogP contribution in [0.2, 0.25) is 0 Å². The predicted molar refractivity (Wildman–Crippen MR) is 116 cm³/mol. The van der Waals surface area contributed by atoms with Crippen LogP contribution in [0.15, 0.2) is 12.2 Å². The standard InChI is InChI=1S/C26H38O5/c1-15(2)21(28)30-26-11-16-9-24(13-26,19-17-6-7-18(8-17)20(19)27)12-25(10-16,14-26)22(29)31-23(3,4)5/h16-20,27H,1,6-14H2,2-5H3. The van der Waals surface area contributed by atoms with E-state index in [0.29, 0.717) is 29.7 Å². The van der Waals surface area contributed by atoms with Gasteiger partial charge in [0, 0.05) is 12.0 Å². The second-order valence-electron chi connectivity index (χ2n) is 12.9. The fraction of sp³-hybridized carbons (Fsp3) is 0.846. The van der Waals surface area contributed by atoms with Crippen molar-refractivity contribution in [1.82, 2.24) is 0 Å². The highest BCUT2D eigenvalue weighted by Crippen LogP contribution is 2.73. The van der Waals surface area contributed by atoms with Crippen LogP contribution in [-0.2, 0) is 19.1 Å². The van der Waals surface area contributed by atoms with E-state index in [1.807, 2.05) is 20.8 Å². The van der Waals surface area contributed by atoms with Crippen molar-refractivity contribution >= 4 is 11.9 Å². The summed E-state index contributed by atoms with van der Waals surface area (Å²) in [5.74, 6) is 0.967. The molecule has 6 rings (SSSR count). The fourth-order valence-electron chi connectivity index (χ4n) is 8.93. The van der Waals surface area contributed by atoms with Gasteiger partial charge in [0.1, 0.15) is 11.2 Å². The summed E-state index contributed by atoms with van der Waals surface area (Å²) in [5, 5.41) is 11.3. The maximum Gasteiger partial charge on any atom is 0.333 e. The number of esters is 2. The molecule has 0 saturated heterocycles. The Hall–Kier alpha value is -1.36. The molecule has 0 aromatic carbocycles. The topological polar surface area (TPSA) is 72.8 Å². The highest BCUT2D eigenvalue weighted by atomic mass is 16.6. The Kier molecular flexibility index (Phi) is 4.56. The monoisotopic (exact) mass is 430 g/mol. The van der Waals surface area contributed by atoms with E-state index in [2.05, 4.69) is 6.58 Å². The molecule has 31 heavy (non-hydrogen) atoms. The highest BCUT2D eigenvalue weighted by molar-refractivity contribution is 5.87. The number of aliphatic hydroxyl groups is 1. The first-order valence-electron chi connectivity index (χ1n) is 12.2. The summed E-state index contributed by atoms with van der Waals surface area (Å²) in [6.45, 7) is 11.2. The van der Waals surface area contributed by atoms with Gasteiger partial charge in [-0.2, -0.15) is 0 Å². The average molecular weight is 431 g/mol. The third kappa shape index (κ3) is 3.29. The van der Waals surface area contributed by atoms with Crippen molar-refractivity contribution in [2.45, 2.75) is 103 Å². The average Bonchev–Trinajstić information content (AvgIpc) is 3.19. The van der Waals surface area contributed by atoms with Gasteiger partial charge in [-0.05, 0) is 108 Å². The van der Waals surface area contributed by atoms with Gasteiger partial charge in [-0.25, -0.2) is 4.79 Å².